The second-order valence-electron chi connectivity index (χ2n) is 6.01. The molecule has 0 aliphatic rings. The Morgan fingerprint density at radius 3 is 2.26 bits per heavy atom. The summed E-state index contributed by atoms with van der Waals surface area (Å²) in [5, 5.41) is 26.8. The monoisotopic (exact) mass is 442 g/mol. The topological polar surface area (TPSA) is 169 Å². The maximum Gasteiger partial charge on any atom is 0.268 e. The maximum atomic E-state index is 12.7. The van der Waals surface area contributed by atoms with Crippen molar-refractivity contribution in [1.29, 1.82) is 5.26 Å². The van der Waals surface area contributed by atoms with Gasteiger partial charge in [0.1, 0.15) is 0 Å². The number of carbonyl (C=O) groups is 2. The van der Waals surface area contributed by atoms with Crippen molar-refractivity contribution >= 4 is 27.5 Å². The average molecular weight is 442 g/mol. The van der Waals surface area contributed by atoms with Crippen molar-refractivity contribution in [3.63, 3.8) is 0 Å². The molecule has 0 radical (unpaired) electrons. The predicted molar refractivity (Wildman–Crippen MR) is 109 cm³/mol. The molecule has 0 aliphatic heterocycles. The summed E-state index contributed by atoms with van der Waals surface area (Å²) in [5.74, 6) is -3.10. The molecule has 2 aromatic carbocycles. The molecule has 1 unspecified atom stereocenters. The highest BCUT2D eigenvalue weighted by Gasteiger charge is 2.23. The zero-order chi connectivity index (χ0) is 22.9. The minimum atomic E-state index is -3.97. The van der Waals surface area contributed by atoms with Crippen LogP contribution in [-0.2, 0) is 19.6 Å². The van der Waals surface area contributed by atoms with Gasteiger partial charge < -0.3 is 0 Å². The van der Waals surface area contributed by atoms with Crippen LogP contribution in [0.5, 0.6) is 0 Å². The summed E-state index contributed by atoms with van der Waals surface area (Å²) in [4.78, 5) is 23.5. The molecule has 31 heavy (non-hydrogen) atoms. The summed E-state index contributed by atoms with van der Waals surface area (Å²) in [6.07, 6.45) is 3.10. The van der Waals surface area contributed by atoms with Gasteiger partial charge in [-0.2, -0.15) is 5.26 Å². The largest absolute Gasteiger partial charge is 0.289 e. The van der Waals surface area contributed by atoms with E-state index >= 15 is 0 Å². The number of hydrogen-bond donors (Lipinski definition) is 5. The average Bonchev–Trinajstić information content (AvgIpc) is 2.79. The van der Waals surface area contributed by atoms with Crippen molar-refractivity contribution in [1.82, 2.24) is 11.0 Å². The lowest BCUT2D eigenvalue weighted by Crippen LogP contribution is -2.26. The molecule has 0 aliphatic carbocycles. The molecular formula is C20H18N4O6S. The van der Waals surface area contributed by atoms with Gasteiger partial charge in [-0.05, 0) is 29.8 Å². The minimum absolute atomic E-state index is 0.00761. The number of nitrogens with one attached hydrogen (secondary N) is 3. The third-order valence-electron chi connectivity index (χ3n) is 3.98. The molecule has 0 heterocycles. The van der Waals surface area contributed by atoms with E-state index in [0.29, 0.717) is 0 Å². The number of rotatable bonds is 8. The number of nitriles is 1. The van der Waals surface area contributed by atoms with E-state index in [1.165, 1.54) is 41.3 Å². The molecule has 2 aromatic rings. The first kappa shape index (κ1) is 23.3. The SMILES string of the molecule is N#CC(=C\C(=O)NO)/C=C/C(C(=O)NO)c1ccccc1NS(=O)(=O)c1ccccc1. The lowest BCUT2D eigenvalue weighted by molar-refractivity contribution is -0.129. The standard InChI is InChI=1S/C20H18N4O6S/c21-13-14(12-19(25)22-27)10-11-17(20(26)23-28)16-8-4-5-9-18(16)24-31(29,30)15-6-2-1-3-7-15/h1-12,17,24,27-28H,(H,22,25)(H,23,26)/b11-10+,14-12-. The van der Waals surface area contributed by atoms with Gasteiger partial charge in [0, 0.05) is 6.08 Å². The van der Waals surface area contributed by atoms with E-state index < -0.39 is 27.8 Å². The zero-order valence-electron chi connectivity index (χ0n) is 15.9. The highest BCUT2D eigenvalue weighted by molar-refractivity contribution is 7.92. The molecule has 10 nitrogen and oxygen atoms in total. The van der Waals surface area contributed by atoms with Gasteiger partial charge in [0.15, 0.2) is 0 Å². The molecule has 1 atom stereocenters. The van der Waals surface area contributed by atoms with E-state index in [2.05, 4.69) is 4.72 Å². The van der Waals surface area contributed by atoms with Gasteiger partial charge in [-0.25, -0.2) is 19.4 Å². The van der Waals surface area contributed by atoms with Gasteiger partial charge >= 0.3 is 0 Å². The van der Waals surface area contributed by atoms with Crippen molar-refractivity contribution in [3.8, 4) is 6.07 Å². The number of nitrogens with zero attached hydrogens (tertiary/aromatic N) is 1. The van der Waals surface area contributed by atoms with Crippen molar-refractivity contribution < 1.29 is 28.4 Å². The summed E-state index contributed by atoms with van der Waals surface area (Å²) >= 11 is 0. The molecule has 0 bridgehead atoms. The van der Waals surface area contributed by atoms with Crippen LogP contribution in [0.2, 0.25) is 0 Å². The van der Waals surface area contributed by atoms with Crippen molar-refractivity contribution in [2.24, 2.45) is 0 Å². The van der Waals surface area contributed by atoms with Crippen LogP contribution in [0, 0.1) is 11.3 Å². The molecule has 2 amide bonds. The van der Waals surface area contributed by atoms with Gasteiger partial charge in [0.05, 0.1) is 28.1 Å². The molecule has 0 fully saturated rings. The van der Waals surface area contributed by atoms with E-state index in [1.54, 1.807) is 36.4 Å². The number of sulfonamides is 1. The fraction of sp³-hybridized carbons (Fsp3) is 0.0500. The molecule has 0 saturated heterocycles. The van der Waals surface area contributed by atoms with Crippen molar-refractivity contribution in [3.05, 3.63) is 84.0 Å². The van der Waals surface area contributed by atoms with Crippen LogP contribution in [0.4, 0.5) is 5.69 Å². The first-order valence-electron chi connectivity index (χ1n) is 8.67. The van der Waals surface area contributed by atoms with E-state index in [0.717, 1.165) is 12.2 Å². The maximum absolute atomic E-state index is 12.7. The molecule has 5 N–H and O–H groups in total. The third kappa shape index (κ3) is 6.25. The smallest absolute Gasteiger partial charge is 0.268 e. The van der Waals surface area contributed by atoms with Gasteiger partial charge in [0.25, 0.3) is 21.8 Å². The number of hydrogen-bond acceptors (Lipinski definition) is 7. The van der Waals surface area contributed by atoms with Crippen molar-refractivity contribution in [2.45, 2.75) is 10.8 Å². The number of para-hydroxylation sites is 1. The predicted octanol–water partition coefficient (Wildman–Crippen LogP) is 1.59. The van der Waals surface area contributed by atoms with E-state index in [4.69, 9.17) is 15.7 Å². The Morgan fingerprint density at radius 1 is 1.00 bits per heavy atom. The molecule has 160 valence electrons. The van der Waals surface area contributed by atoms with Crippen LogP contribution in [0.1, 0.15) is 11.5 Å². The van der Waals surface area contributed by atoms with E-state index in [-0.39, 0.29) is 21.7 Å². The highest BCUT2D eigenvalue weighted by Crippen LogP contribution is 2.28. The fourth-order valence-corrected chi connectivity index (χ4v) is 3.67. The quantitative estimate of drug-likeness (QED) is 0.136. The zero-order valence-corrected chi connectivity index (χ0v) is 16.7. The number of anilines is 1. The summed E-state index contributed by atoms with van der Waals surface area (Å²) < 4.78 is 27.8. The number of carbonyl (C=O) groups excluding carboxylic acids is 2. The second-order valence-corrected chi connectivity index (χ2v) is 7.69. The van der Waals surface area contributed by atoms with Crippen LogP contribution in [0.15, 0.2) is 83.3 Å². The summed E-state index contributed by atoms with van der Waals surface area (Å²) in [6.45, 7) is 0. The first-order valence-corrected chi connectivity index (χ1v) is 10.2. The van der Waals surface area contributed by atoms with Crippen LogP contribution in [0.25, 0.3) is 0 Å². The molecule has 0 aromatic heterocycles. The van der Waals surface area contributed by atoms with Crippen LogP contribution in [0.3, 0.4) is 0 Å². The number of allylic oxidation sites excluding steroid dienone is 2. The van der Waals surface area contributed by atoms with E-state index in [1.807, 2.05) is 0 Å². The van der Waals surface area contributed by atoms with E-state index in [9.17, 15) is 18.0 Å². The molecule has 0 spiro atoms. The molecule has 11 heteroatoms. The third-order valence-corrected chi connectivity index (χ3v) is 5.36. The molecule has 2 rings (SSSR count). The van der Waals surface area contributed by atoms with Crippen molar-refractivity contribution in [2.75, 3.05) is 4.72 Å². The Morgan fingerprint density at radius 2 is 1.65 bits per heavy atom. The number of amides is 2. The Labute approximate surface area is 178 Å². The molecular weight excluding hydrogens is 424 g/mol. The Balaban J connectivity index is 2.47. The Hall–Kier alpha value is -3.98. The molecule has 0 saturated carbocycles. The normalized spacial score (nSPS) is 12.6. The highest BCUT2D eigenvalue weighted by atomic mass is 32.2. The van der Waals surface area contributed by atoms with Gasteiger partial charge in [-0.1, -0.05) is 42.5 Å². The summed E-state index contributed by atoms with van der Waals surface area (Å²) in [7, 11) is -3.97. The van der Waals surface area contributed by atoms with Crippen LogP contribution < -0.4 is 15.7 Å². The minimum Gasteiger partial charge on any atom is -0.289 e. The fourth-order valence-electron chi connectivity index (χ4n) is 2.56. The van der Waals surface area contributed by atoms with Gasteiger partial charge in [0.2, 0.25) is 0 Å². The lowest BCUT2D eigenvalue weighted by Gasteiger charge is -2.17. The first-order chi connectivity index (χ1) is 14.8. The Bertz CT molecular complexity index is 1150. The van der Waals surface area contributed by atoms with Crippen LogP contribution >= 0.6 is 0 Å². The summed E-state index contributed by atoms with van der Waals surface area (Å²) in [5.41, 5.74) is 2.87. The second kappa shape index (κ2) is 10.7. The number of benzene rings is 2. The Kier molecular flexibility index (Phi) is 8.04. The van der Waals surface area contributed by atoms with Crippen LogP contribution in [-0.4, -0.2) is 30.6 Å². The van der Waals surface area contributed by atoms with Gasteiger partial charge in [-0.3, -0.25) is 24.7 Å². The van der Waals surface area contributed by atoms with Gasteiger partial charge in [-0.15, -0.1) is 0 Å². The number of hydroxylamine groups is 2. The summed E-state index contributed by atoms with van der Waals surface area (Å²) in [6, 6.07) is 15.3. The lowest BCUT2D eigenvalue weighted by atomic mass is 9.95.